The van der Waals surface area contributed by atoms with Crippen LogP contribution in [0.1, 0.15) is 24.5 Å². The van der Waals surface area contributed by atoms with E-state index in [0.29, 0.717) is 12.5 Å². The van der Waals surface area contributed by atoms with Crippen molar-refractivity contribution >= 4 is 12.4 Å². The Hall–Kier alpha value is -0.780. The van der Waals surface area contributed by atoms with E-state index in [0.717, 1.165) is 37.2 Å². The van der Waals surface area contributed by atoms with Crippen LogP contribution in [0.2, 0.25) is 0 Å². The van der Waals surface area contributed by atoms with Crippen molar-refractivity contribution in [2.75, 3.05) is 13.1 Å². The van der Waals surface area contributed by atoms with Crippen LogP contribution in [0.25, 0.3) is 0 Å². The minimum absolute atomic E-state index is 0. The lowest BCUT2D eigenvalue weighted by molar-refractivity contribution is -0.137. The highest BCUT2D eigenvalue weighted by molar-refractivity contribution is 5.85. The van der Waals surface area contributed by atoms with E-state index in [1.807, 2.05) is 0 Å². The monoisotopic (exact) mass is 308 g/mol. The van der Waals surface area contributed by atoms with Gasteiger partial charge in [-0.1, -0.05) is 19.1 Å². The number of nitrogens with zero attached hydrogens (tertiary/aromatic N) is 1. The van der Waals surface area contributed by atoms with Crippen molar-refractivity contribution in [2.45, 2.75) is 32.1 Å². The van der Waals surface area contributed by atoms with Gasteiger partial charge in [0.1, 0.15) is 0 Å². The summed E-state index contributed by atoms with van der Waals surface area (Å²) in [4.78, 5) is 2.25. The fourth-order valence-corrected chi connectivity index (χ4v) is 2.45. The Kier molecular flexibility index (Phi) is 5.86. The van der Waals surface area contributed by atoms with Gasteiger partial charge in [0.2, 0.25) is 0 Å². The summed E-state index contributed by atoms with van der Waals surface area (Å²) < 4.78 is 37.3. The Morgan fingerprint density at radius 1 is 1.25 bits per heavy atom. The number of rotatable bonds is 2. The number of benzene rings is 1. The Balaban J connectivity index is 0.00000200. The van der Waals surface area contributed by atoms with Crippen LogP contribution in [0.3, 0.4) is 0 Å². The van der Waals surface area contributed by atoms with Crippen molar-refractivity contribution in [1.29, 1.82) is 0 Å². The molecule has 0 aliphatic carbocycles. The number of alkyl halides is 3. The molecule has 1 heterocycles. The number of piperidine rings is 1. The van der Waals surface area contributed by atoms with Crippen molar-refractivity contribution in [3.63, 3.8) is 0 Å². The number of likely N-dealkylation sites (tertiary alicyclic amines) is 1. The van der Waals surface area contributed by atoms with Gasteiger partial charge in [0.25, 0.3) is 0 Å². The Bertz CT molecular complexity index is 419. The molecule has 1 aromatic carbocycles. The van der Waals surface area contributed by atoms with Crippen LogP contribution in [0.15, 0.2) is 24.3 Å². The molecule has 20 heavy (non-hydrogen) atoms. The predicted molar refractivity (Wildman–Crippen MR) is 75.7 cm³/mol. The largest absolute Gasteiger partial charge is 0.416 e. The smallest absolute Gasteiger partial charge is 0.327 e. The highest BCUT2D eigenvalue weighted by atomic mass is 35.5. The van der Waals surface area contributed by atoms with Gasteiger partial charge in [-0.15, -0.1) is 12.4 Å². The van der Waals surface area contributed by atoms with Crippen molar-refractivity contribution < 1.29 is 13.2 Å². The van der Waals surface area contributed by atoms with E-state index in [9.17, 15) is 13.2 Å². The Morgan fingerprint density at radius 3 is 2.35 bits per heavy atom. The molecule has 0 saturated carbocycles. The zero-order valence-electron chi connectivity index (χ0n) is 11.4. The van der Waals surface area contributed by atoms with Gasteiger partial charge < -0.3 is 5.73 Å². The Labute approximate surface area is 123 Å². The summed E-state index contributed by atoms with van der Waals surface area (Å²) in [6, 6.07) is 5.65. The summed E-state index contributed by atoms with van der Waals surface area (Å²) in [7, 11) is 0. The third-order valence-electron chi connectivity index (χ3n) is 3.74. The summed E-state index contributed by atoms with van der Waals surface area (Å²) in [5, 5.41) is 0. The maximum Gasteiger partial charge on any atom is 0.416 e. The lowest BCUT2D eigenvalue weighted by Gasteiger charge is -2.35. The molecule has 1 fully saturated rings. The van der Waals surface area contributed by atoms with E-state index in [1.54, 1.807) is 12.1 Å². The van der Waals surface area contributed by atoms with Crippen LogP contribution in [0, 0.1) is 5.92 Å². The SMILES string of the molecule is CC1CN(Cc2ccc(C(F)(F)F)cc2)CCC1N.Cl. The van der Waals surface area contributed by atoms with E-state index in [2.05, 4.69) is 11.8 Å². The molecule has 2 unspecified atom stereocenters. The molecule has 0 radical (unpaired) electrons. The summed E-state index contributed by atoms with van der Waals surface area (Å²) >= 11 is 0. The van der Waals surface area contributed by atoms with Crippen molar-refractivity contribution in [3.8, 4) is 0 Å². The number of nitrogens with two attached hydrogens (primary N) is 1. The van der Waals surface area contributed by atoms with Crippen molar-refractivity contribution in [3.05, 3.63) is 35.4 Å². The van der Waals surface area contributed by atoms with E-state index in [-0.39, 0.29) is 18.4 Å². The van der Waals surface area contributed by atoms with E-state index >= 15 is 0 Å². The molecule has 1 saturated heterocycles. The normalized spacial score (nSPS) is 24.2. The van der Waals surface area contributed by atoms with E-state index in [1.165, 1.54) is 0 Å². The molecular formula is C14H20ClF3N2. The molecule has 1 aliphatic rings. The first kappa shape index (κ1) is 17.3. The molecule has 0 aromatic heterocycles. The predicted octanol–water partition coefficient (Wildman–Crippen LogP) is 3.30. The minimum Gasteiger partial charge on any atom is -0.327 e. The van der Waals surface area contributed by atoms with E-state index in [4.69, 9.17) is 5.73 Å². The maximum atomic E-state index is 12.4. The number of halogens is 4. The molecule has 6 heteroatoms. The second-order valence-corrected chi connectivity index (χ2v) is 5.36. The van der Waals surface area contributed by atoms with Gasteiger partial charge in [-0.05, 0) is 36.6 Å². The average molecular weight is 309 g/mol. The molecule has 1 aromatic rings. The topological polar surface area (TPSA) is 29.3 Å². The highest BCUT2D eigenvalue weighted by Gasteiger charge is 2.30. The second-order valence-electron chi connectivity index (χ2n) is 5.36. The first-order chi connectivity index (χ1) is 8.86. The van der Waals surface area contributed by atoms with Crippen LogP contribution in [-0.4, -0.2) is 24.0 Å². The van der Waals surface area contributed by atoms with Gasteiger partial charge in [0.15, 0.2) is 0 Å². The van der Waals surface area contributed by atoms with Gasteiger partial charge in [-0.3, -0.25) is 4.90 Å². The van der Waals surface area contributed by atoms with Crippen molar-refractivity contribution in [2.24, 2.45) is 11.7 Å². The van der Waals surface area contributed by atoms with Gasteiger partial charge >= 0.3 is 6.18 Å². The molecule has 2 nitrogen and oxygen atoms in total. The van der Waals surface area contributed by atoms with Gasteiger partial charge in [-0.2, -0.15) is 13.2 Å². The lowest BCUT2D eigenvalue weighted by Crippen LogP contribution is -2.45. The summed E-state index contributed by atoms with van der Waals surface area (Å²) in [6.07, 6.45) is -3.31. The number of hydrogen-bond acceptors (Lipinski definition) is 2. The third kappa shape index (κ3) is 4.36. The van der Waals surface area contributed by atoms with Gasteiger partial charge in [0.05, 0.1) is 5.56 Å². The molecule has 1 aliphatic heterocycles. The first-order valence-electron chi connectivity index (χ1n) is 6.50. The first-order valence-corrected chi connectivity index (χ1v) is 6.50. The van der Waals surface area contributed by atoms with Crippen LogP contribution in [0.4, 0.5) is 13.2 Å². The summed E-state index contributed by atoms with van der Waals surface area (Å²) in [5.41, 5.74) is 6.27. The van der Waals surface area contributed by atoms with Crippen molar-refractivity contribution in [1.82, 2.24) is 4.90 Å². The molecule has 0 amide bonds. The quantitative estimate of drug-likeness (QED) is 0.908. The Morgan fingerprint density at radius 2 is 1.85 bits per heavy atom. The van der Waals surface area contributed by atoms with Gasteiger partial charge in [0, 0.05) is 19.1 Å². The molecule has 2 rings (SSSR count). The minimum atomic E-state index is -4.26. The highest BCUT2D eigenvalue weighted by Crippen LogP contribution is 2.29. The van der Waals surface area contributed by atoms with Crippen LogP contribution in [0.5, 0.6) is 0 Å². The lowest BCUT2D eigenvalue weighted by atomic mass is 9.94. The summed E-state index contributed by atoms with van der Waals surface area (Å²) in [6.45, 7) is 4.62. The zero-order chi connectivity index (χ0) is 14.0. The molecule has 0 bridgehead atoms. The molecule has 0 spiro atoms. The fourth-order valence-electron chi connectivity index (χ4n) is 2.45. The molecule has 2 N–H and O–H groups in total. The third-order valence-corrected chi connectivity index (χ3v) is 3.74. The second kappa shape index (κ2) is 6.78. The van der Waals surface area contributed by atoms with E-state index < -0.39 is 11.7 Å². The molecular weight excluding hydrogens is 289 g/mol. The zero-order valence-corrected chi connectivity index (χ0v) is 12.2. The fraction of sp³-hybridized carbons (Fsp3) is 0.571. The number of hydrogen-bond donors (Lipinski definition) is 1. The van der Waals surface area contributed by atoms with Gasteiger partial charge in [-0.25, -0.2) is 0 Å². The average Bonchev–Trinajstić information content (AvgIpc) is 2.33. The molecule has 114 valence electrons. The molecule has 2 atom stereocenters. The maximum absolute atomic E-state index is 12.4. The van der Waals surface area contributed by atoms with Crippen LogP contribution < -0.4 is 5.73 Å². The van der Waals surface area contributed by atoms with Crippen LogP contribution >= 0.6 is 12.4 Å². The summed E-state index contributed by atoms with van der Waals surface area (Å²) in [5.74, 6) is 0.434. The standard InChI is InChI=1S/C14H19F3N2.ClH/c1-10-8-19(7-6-13(10)18)9-11-2-4-12(5-3-11)14(15,16)17;/h2-5,10,13H,6-9,18H2,1H3;1H. The van der Waals surface area contributed by atoms with Crippen LogP contribution in [-0.2, 0) is 12.7 Å².